The van der Waals surface area contributed by atoms with Gasteiger partial charge in [0.2, 0.25) is 23.3 Å². The zero-order valence-corrected chi connectivity index (χ0v) is 58.0. The fourth-order valence-electron chi connectivity index (χ4n) is 16.6. The highest BCUT2D eigenvalue weighted by molar-refractivity contribution is 5.94. The van der Waals surface area contributed by atoms with Gasteiger partial charge in [0.05, 0.1) is 68.9 Å². The standard InChI is InChI=1S/C76H52F20N6O10/c1-75(2)107-69-67(105-73(103-5)71(69)109-75)63-37-59-29(33-39(77)47(85)55(93)48(86)40(33)78)25-17-18-26(97-25)30(34-41(79)49(87)56(94)50(88)42(34)80)60-38-64(68-70-72(74(104-6)106-68)110-76(3,4)108-70)102(22-24-15-11-8-12-16-24)112-66(38)62(100-60)32(36-45(83)53(91)58(96)54(92)46(36)84)28-20-19-27(98-28)31(35-43(81)51(89)57(95)52(90)44(35)82)61(99-59)65(37)111-101(63)21-23-13-9-7-10-14-23/h7-20,37-38,63-74,97-98H,21-22H2,1-6H3/t37-,38+,63+,64-,65+,66-,67-,68-,69+,70+,71+,72+,73+,74+/m1/s1. The highest BCUT2D eigenvalue weighted by Gasteiger charge is 2.67. The van der Waals surface area contributed by atoms with Crippen molar-refractivity contribution in [2.75, 3.05) is 14.2 Å². The molecule has 0 radical (unpaired) electrons. The van der Waals surface area contributed by atoms with Crippen LogP contribution in [0.1, 0.15) is 85.6 Å². The van der Waals surface area contributed by atoms with Crippen molar-refractivity contribution in [3.8, 4) is 44.5 Å². The lowest BCUT2D eigenvalue weighted by atomic mass is 9.82. The molecule has 586 valence electrons. The molecule has 0 spiro atoms. The predicted octanol–water partition coefficient (Wildman–Crippen LogP) is 16.8. The summed E-state index contributed by atoms with van der Waals surface area (Å²) >= 11 is 0. The van der Waals surface area contributed by atoms with E-state index in [2.05, 4.69) is 19.9 Å². The third-order valence-electron chi connectivity index (χ3n) is 21.1. The SMILES string of the molecule is CO[C@H]1O[C@H]([C@@H]2[C@H]3c4nc(c(-c5c(F)c(F)c(F)c(F)c5F)c5ccc([nH]5)c(-c5c(F)c(F)c(F)c(F)c5F)c5nc(c(-c6c(F)c(F)c(F)c(F)c6F)c6ccc([nH]6)c4-c4c(F)c(F)c(F)c(F)c4F)[C@H]4[C@H]([C@H]6O[C@H](OC)[C@H]7OC(C)(C)O[C@H]76)N(Cc6ccccc6)O[C@@H]54)[C@H]3ON2Cc2ccccc2)[C@@H]2OC(C)(C)O[C@H]12. The number of benzene rings is 6. The van der Waals surface area contributed by atoms with Gasteiger partial charge in [-0.3, -0.25) is 19.6 Å². The van der Waals surface area contributed by atoms with Crippen LogP contribution in [0.15, 0.2) is 84.9 Å². The first kappa shape index (κ1) is 75.3. The molecule has 9 aromatic rings. The zero-order valence-electron chi connectivity index (χ0n) is 58.0. The van der Waals surface area contributed by atoms with Gasteiger partial charge in [0.25, 0.3) is 0 Å². The summed E-state index contributed by atoms with van der Waals surface area (Å²) in [5, 5.41) is 2.08. The second-order valence-electron chi connectivity index (χ2n) is 28.4. The van der Waals surface area contributed by atoms with Crippen LogP contribution in [0, 0.1) is 116 Å². The molecule has 8 bridgehead atoms. The van der Waals surface area contributed by atoms with Crippen LogP contribution in [0.25, 0.3) is 66.6 Å². The van der Waals surface area contributed by atoms with Crippen molar-refractivity contribution in [3.05, 3.63) is 235 Å². The summed E-state index contributed by atoms with van der Waals surface area (Å²) in [7, 11) is 2.32. The molecule has 11 heterocycles. The van der Waals surface area contributed by atoms with Crippen LogP contribution in [0.3, 0.4) is 0 Å². The van der Waals surface area contributed by atoms with Gasteiger partial charge in [-0.25, -0.2) is 87.8 Å². The topological polar surface area (TPSA) is 156 Å². The number of ether oxygens (including phenoxy) is 8. The molecule has 6 fully saturated rings. The normalized spacial score (nSPS) is 26.4. The first-order valence-electron chi connectivity index (χ1n) is 34.2. The monoisotopic (exact) mass is 1590 g/mol. The molecular weight excluding hydrogens is 1540 g/mol. The summed E-state index contributed by atoms with van der Waals surface area (Å²) in [6.45, 7) is 4.72. The number of fused-ring (bicyclic) bond motifs is 16. The zero-order chi connectivity index (χ0) is 79.4. The van der Waals surface area contributed by atoms with Crippen molar-refractivity contribution in [2.24, 2.45) is 0 Å². The molecule has 36 heteroatoms. The largest absolute Gasteiger partial charge is 0.354 e. The van der Waals surface area contributed by atoms with Crippen LogP contribution in [0.5, 0.6) is 0 Å². The fourth-order valence-corrected chi connectivity index (χ4v) is 16.6. The van der Waals surface area contributed by atoms with Gasteiger partial charge in [0, 0.05) is 71.6 Å². The number of aromatic nitrogens is 4. The highest BCUT2D eigenvalue weighted by atomic mass is 19.2. The van der Waals surface area contributed by atoms with Crippen LogP contribution < -0.4 is 0 Å². The number of aromatic amines is 2. The number of methoxy groups -OCH3 is 2. The molecule has 6 aromatic carbocycles. The molecule has 14 atom stereocenters. The first-order valence-corrected chi connectivity index (χ1v) is 34.2. The molecule has 3 aromatic heterocycles. The van der Waals surface area contributed by atoms with E-state index in [1.165, 1.54) is 76.2 Å². The minimum atomic E-state index is -2.80. The van der Waals surface area contributed by atoms with E-state index >= 15 is 87.8 Å². The number of rotatable bonds is 12. The van der Waals surface area contributed by atoms with E-state index in [0.717, 1.165) is 24.3 Å². The van der Waals surface area contributed by atoms with E-state index in [9.17, 15) is 0 Å². The van der Waals surface area contributed by atoms with Gasteiger partial charge in [0.1, 0.15) is 48.8 Å². The third-order valence-corrected chi connectivity index (χ3v) is 21.1. The third kappa shape index (κ3) is 11.3. The molecule has 8 aliphatic rings. The Hall–Kier alpha value is -9.44. The molecule has 16 nitrogen and oxygen atoms in total. The van der Waals surface area contributed by atoms with Crippen LogP contribution in [-0.4, -0.2) is 117 Å². The van der Waals surface area contributed by atoms with E-state index in [0.29, 0.717) is 24.3 Å². The van der Waals surface area contributed by atoms with Crippen LogP contribution in [0.2, 0.25) is 0 Å². The molecule has 0 unspecified atom stereocenters. The lowest BCUT2D eigenvalue weighted by molar-refractivity contribution is -0.247. The number of nitrogens with zero attached hydrogens (tertiary/aromatic N) is 4. The Morgan fingerprint density at radius 2 is 0.571 bits per heavy atom. The Morgan fingerprint density at radius 3 is 0.839 bits per heavy atom. The van der Waals surface area contributed by atoms with Gasteiger partial charge in [-0.15, -0.1) is 0 Å². The molecule has 2 N–H and O–H groups in total. The maximum absolute atomic E-state index is 17.8. The summed E-state index contributed by atoms with van der Waals surface area (Å²) in [6, 6.07) is 14.1. The van der Waals surface area contributed by atoms with Crippen LogP contribution >= 0.6 is 0 Å². The van der Waals surface area contributed by atoms with Crippen molar-refractivity contribution in [3.63, 3.8) is 0 Å². The van der Waals surface area contributed by atoms with E-state index in [4.69, 9.17) is 47.6 Å². The predicted molar refractivity (Wildman–Crippen MR) is 346 cm³/mol. The van der Waals surface area contributed by atoms with E-state index < -0.39 is 316 Å². The average molecular weight is 1590 g/mol. The van der Waals surface area contributed by atoms with Gasteiger partial charge < -0.3 is 47.9 Å². The second-order valence-corrected chi connectivity index (χ2v) is 28.4. The van der Waals surface area contributed by atoms with E-state index in [1.54, 1.807) is 12.1 Å². The Bertz CT molecular complexity index is 5180. The number of hydrogen-bond donors (Lipinski definition) is 2. The summed E-state index contributed by atoms with van der Waals surface area (Å²) in [5.41, 5.74) is -22.1. The maximum Gasteiger partial charge on any atom is 0.200 e. The van der Waals surface area contributed by atoms with Crippen molar-refractivity contribution < 1.29 is 135 Å². The molecular formula is C76H52F20N6O10. The summed E-state index contributed by atoms with van der Waals surface area (Å²) in [5.74, 6) is -62.2. The van der Waals surface area contributed by atoms with Gasteiger partial charge in [-0.1, -0.05) is 60.7 Å². The highest BCUT2D eigenvalue weighted by Crippen LogP contribution is 2.61. The van der Waals surface area contributed by atoms with Crippen molar-refractivity contribution in [2.45, 2.75) is 138 Å². The molecule has 0 aliphatic carbocycles. The summed E-state index contributed by atoms with van der Waals surface area (Å²) < 4.78 is 387. The number of halogens is 20. The second kappa shape index (κ2) is 27.1. The average Bonchev–Trinajstić information content (AvgIpc) is 1.54. The molecule has 8 aliphatic heterocycles. The Kier molecular flexibility index (Phi) is 18.2. The number of hydrogen-bond acceptors (Lipinski definition) is 14. The van der Waals surface area contributed by atoms with Crippen LogP contribution in [-0.2, 0) is 60.7 Å². The van der Waals surface area contributed by atoms with Crippen molar-refractivity contribution in [1.29, 1.82) is 0 Å². The van der Waals surface area contributed by atoms with Crippen molar-refractivity contribution in [1.82, 2.24) is 30.1 Å². The van der Waals surface area contributed by atoms with E-state index in [1.807, 2.05) is 0 Å². The summed E-state index contributed by atoms with van der Waals surface area (Å²) in [4.78, 5) is 28.0. The minimum absolute atomic E-state index is 0.284. The van der Waals surface area contributed by atoms with Gasteiger partial charge in [-0.05, 0) is 63.1 Å². The maximum atomic E-state index is 17.8. The quantitative estimate of drug-likeness (QED) is 0.0677. The minimum Gasteiger partial charge on any atom is -0.354 e. The van der Waals surface area contributed by atoms with Gasteiger partial charge in [0.15, 0.2) is 117 Å². The smallest absolute Gasteiger partial charge is 0.200 e. The molecule has 17 rings (SSSR count). The number of H-pyrrole nitrogens is 2. The molecule has 0 amide bonds. The van der Waals surface area contributed by atoms with Crippen molar-refractivity contribution >= 4 is 22.1 Å². The Labute approximate surface area is 617 Å². The Balaban J connectivity index is 1.11. The molecule has 0 saturated carbocycles. The molecule has 6 saturated heterocycles. The van der Waals surface area contributed by atoms with Gasteiger partial charge >= 0.3 is 0 Å². The number of nitrogens with one attached hydrogen (secondary N) is 2. The Morgan fingerprint density at radius 1 is 0.321 bits per heavy atom. The van der Waals surface area contributed by atoms with Gasteiger partial charge in [-0.2, -0.15) is 10.1 Å². The number of hydroxylamine groups is 4. The summed E-state index contributed by atoms with van der Waals surface area (Å²) in [6.07, 6.45) is -16.5. The van der Waals surface area contributed by atoms with Crippen LogP contribution in [0.4, 0.5) is 87.8 Å². The first-order chi connectivity index (χ1) is 53.3. The lowest BCUT2D eigenvalue weighted by Gasteiger charge is -2.33. The lowest BCUT2D eigenvalue weighted by Crippen LogP contribution is -2.47. The molecule has 112 heavy (non-hydrogen) atoms. The van der Waals surface area contributed by atoms with E-state index in [-0.39, 0.29) is 11.1 Å². The fraction of sp³-hybridized carbons (Fsp3) is 0.316.